The third kappa shape index (κ3) is 4.86. The van der Waals surface area contributed by atoms with E-state index in [2.05, 4.69) is 0 Å². The molecular weight excluding hydrogens is 441 g/mol. The first kappa shape index (κ1) is 22.3. The van der Waals surface area contributed by atoms with Gasteiger partial charge in [-0.1, -0.05) is 65.7 Å². The van der Waals surface area contributed by atoms with E-state index in [1.54, 1.807) is 42.5 Å². The first-order valence-electron chi connectivity index (χ1n) is 9.24. The lowest BCUT2D eigenvalue weighted by Crippen LogP contribution is -2.18. The topological polar surface area (TPSA) is 54.5 Å². The van der Waals surface area contributed by atoms with Crippen LogP contribution in [-0.2, 0) is 9.84 Å². The predicted molar refractivity (Wildman–Crippen MR) is 123 cm³/mol. The molecule has 0 radical (unpaired) electrons. The third-order valence-corrected chi connectivity index (χ3v) is 7.68. The van der Waals surface area contributed by atoms with Crippen LogP contribution in [0.25, 0.3) is 0 Å². The standard InChI is InChI=1S/C23H21Cl2NO3S/c1-26(2)18-10-8-17(9-11-18)23(15-22(27)16-6-4-3-5-7-16)30(28,29)19-12-13-20(24)21(25)14-19/h3-14,23H,15H2,1-2H3. The number of ketones is 1. The molecule has 30 heavy (non-hydrogen) atoms. The summed E-state index contributed by atoms with van der Waals surface area (Å²) >= 11 is 12.0. The van der Waals surface area contributed by atoms with Gasteiger partial charge < -0.3 is 4.90 Å². The predicted octanol–water partition coefficient (Wildman–Crippen LogP) is 5.85. The van der Waals surface area contributed by atoms with Crippen molar-refractivity contribution in [2.24, 2.45) is 0 Å². The zero-order valence-corrected chi connectivity index (χ0v) is 18.9. The maximum atomic E-state index is 13.5. The number of benzene rings is 3. The van der Waals surface area contributed by atoms with Gasteiger partial charge in [0.15, 0.2) is 15.6 Å². The Morgan fingerprint density at radius 2 is 1.53 bits per heavy atom. The molecule has 0 heterocycles. The molecule has 3 aromatic carbocycles. The minimum absolute atomic E-state index is 0.0273. The summed E-state index contributed by atoms with van der Waals surface area (Å²) in [6, 6.07) is 20.0. The zero-order valence-electron chi connectivity index (χ0n) is 16.5. The number of hydrogen-bond donors (Lipinski definition) is 0. The van der Waals surface area contributed by atoms with Gasteiger partial charge in [0, 0.05) is 31.8 Å². The summed E-state index contributed by atoms with van der Waals surface area (Å²) in [5, 5.41) is -0.643. The van der Waals surface area contributed by atoms with Crippen molar-refractivity contribution in [3.05, 3.63) is 94.0 Å². The van der Waals surface area contributed by atoms with Crippen LogP contribution in [0.5, 0.6) is 0 Å². The lowest BCUT2D eigenvalue weighted by Gasteiger charge is -2.20. The van der Waals surface area contributed by atoms with Crippen molar-refractivity contribution in [2.75, 3.05) is 19.0 Å². The number of sulfone groups is 1. The van der Waals surface area contributed by atoms with Crippen LogP contribution < -0.4 is 4.90 Å². The van der Waals surface area contributed by atoms with E-state index in [1.807, 2.05) is 31.1 Å². The maximum absolute atomic E-state index is 13.5. The van der Waals surface area contributed by atoms with E-state index in [9.17, 15) is 13.2 Å². The second kappa shape index (κ2) is 9.21. The lowest BCUT2D eigenvalue weighted by molar-refractivity contribution is 0.0980. The van der Waals surface area contributed by atoms with Crippen LogP contribution in [-0.4, -0.2) is 28.3 Å². The molecular formula is C23H21Cl2NO3S. The van der Waals surface area contributed by atoms with Crippen LogP contribution in [0, 0.1) is 0 Å². The van der Waals surface area contributed by atoms with Crippen molar-refractivity contribution in [3.63, 3.8) is 0 Å². The Balaban J connectivity index is 2.06. The molecule has 0 fully saturated rings. The molecule has 0 aliphatic heterocycles. The average molecular weight is 462 g/mol. The number of Topliss-reactive ketones (excluding diaryl/α,β-unsaturated/α-hetero) is 1. The van der Waals surface area contributed by atoms with Gasteiger partial charge in [0.05, 0.1) is 20.2 Å². The summed E-state index contributed by atoms with van der Waals surface area (Å²) in [6.45, 7) is 0. The fourth-order valence-electron chi connectivity index (χ4n) is 3.12. The van der Waals surface area contributed by atoms with Crippen LogP contribution >= 0.6 is 23.2 Å². The SMILES string of the molecule is CN(C)c1ccc(C(CC(=O)c2ccccc2)S(=O)(=O)c2ccc(Cl)c(Cl)c2)cc1. The summed E-state index contributed by atoms with van der Waals surface area (Å²) in [7, 11) is -0.106. The summed E-state index contributed by atoms with van der Waals surface area (Å²) < 4.78 is 27.0. The number of nitrogens with zero attached hydrogens (tertiary/aromatic N) is 1. The summed E-state index contributed by atoms with van der Waals surface area (Å²) in [5.41, 5.74) is 1.94. The van der Waals surface area contributed by atoms with Crippen molar-refractivity contribution < 1.29 is 13.2 Å². The van der Waals surface area contributed by atoms with Crippen molar-refractivity contribution in [3.8, 4) is 0 Å². The first-order chi connectivity index (χ1) is 14.2. The van der Waals surface area contributed by atoms with Gasteiger partial charge in [-0.25, -0.2) is 8.42 Å². The van der Waals surface area contributed by atoms with E-state index in [4.69, 9.17) is 23.2 Å². The Labute approximate surface area is 187 Å². The van der Waals surface area contributed by atoms with E-state index in [0.717, 1.165) is 5.69 Å². The van der Waals surface area contributed by atoms with E-state index in [0.29, 0.717) is 11.1 Å². The third-order valence-electron chi connectivity index (χ3n) is 4.84. The Morgan fingerprint density at radius 3 is 2.10 bits per heavy atom. The number of carbonyl (C=O) groups excluding carboxylic acids is 1. The molecule has 0 bridgehead atoms. The minimum Gasteiger partial charge on any atom is -0.378 e. The number of halogens is 2. The van der Waals surface area contributed by atoms with Crippen molar-refractivity contribution in [1.82, 2.24) is 0 Å². The molecule has 3 rings (SSSR count). The molecule has 0 spiro atoms. The second-order valence-electron chi connectivity index (χ2n) is 7.09. The molecule has 7 heteroatoms. The van der Waals surface area contributed by atoms with Crippen LogP contribution in [0.4, 0.5) is 5.69 Å². The second-order valence-corrected chi connectivity index (χ2v) is 10.0. The largest absolute Gasteiger partial charge is 0.378 e. The Kier molecular flexibility index (Phi) is 6.86. The number of carbonyl (C=O) groups is 1. The van der Waals surface area contributed by atoms with E-state index in [1.165, 1.54) is 18.2 Å². The molecule has 0 amide bonds. The van der Waals surface area contributed by atoms with Crippen LogP contribution in [0.1, 0.15) is 27.6 Å². The fraction of sp³-hybridized carbons (Fsp3) is 0.174. The van der Waals surface area contributed by atoms with Gasteiger partial charge >= 0.3 is 0 Å². The van der Waals surface area contributed by atoms with E-state index in [-0.39, 0.29) is 27.1 Å². The molecule has 4 nitrogen and oxygen atoms in total. The van der Waals surface area contributed by atoms with Gasteiger partial charge in [0.2, 0.25) is 0 Å². The van der Waals surface area contributed by atoms with Crippen molar-refractivity contribution >= 4 is 44.5 Å². The summed E-state index contributed by atoms with van der Waals surface area (Å²) in [5.74, 6) is -0.249. The highest BCUT2D eigenvalue weighted by Crippen LogP contribution is 2.36. The number of rotatable bonds is 7. The van der Waals surface area contributed by atoms with E-state index >= 15 is 0 Å². The number of anilines is 1. The highest BCUT2D eigenvalue weighted by atomic mass is 35.5. The molecule has 0 aliphatic carbocycles. The first-order valence-corrected chi connectivity index (χ1v) is 11.5. The molecule has 156 valence electrons. The molecule has 1 atom stereocenters. The molecule has 0 aliphatic rings. The van der Waals surface area contributed by atoms with Crippen LogP contribution in [0.15, 0.2) is 77.7 Å². The van der Waals surface area contributed by atoms with Gasteiger partial charge in [0.1, 0.15) is 0 Å². The Bertz CT molecular complexity index is 1140. The number of hydrogen-bond acceptors (Lipinski definition) is 4. The minimum atomic E-state index is -3.91. The molecule has 0 saturated carbocycles. The van der Waals surface area contributed by atoms with E-state index < -0.39 is 15.1 Å². The van der Waals surface area contributed by atoms with Crippen molar-refractivity contribution in [1.29, 1.82) is 0 Å². The lowest BCUT2D eigenvalue weighted by atomic mass is 10.0. The maximum Gasteiger partial charge on any atom is 0.185 e. The molecule has 3 aromatic rings. The smallest absolute Gasteiger partial charge is 0.185 e. The van der Waals surface area contributed by atoms with Gasteiger partial charge in [-0.15, -0.1) is 0 Å². The van der Waals surface area contributed by atoms with Crippen LogP contribution in [0.3, 0.4) is 0 Å². The van der Waals surface area contributed by atoms with Crippen molar-refractivity contribution in [2.45, 2.75) is 16.6 Å². The molecule has 0 saturated heterocycles. The average Bonchev–Trinajstić information content (AvgIpc) is 2.74. The molecule has 0 N–H and O–H groups in total. The highest BCUT2D eigenvalue weighted by molar-refractivity contribution is 7.91. The quantitative estimate of drug-likeness (QED) is 0.414. The zero-order chi connectivity index (χ0) is 21.9. The van der Waals surface area contributed by atoms with Gasteiger partial charge in [-0.05, 0) is 35.9 Å². The van der Waals surface area contributed by atoms with Gasteiger partial charge in [-0.2, -0.15) is 0 Å². The Hall–Kier alpha value is -2.34. The fourth-order valence-corrected chi connectivity index (χ4v) is 5.24. The monoisotopic (exact) mass is 461 g/mol. The Morgan fingerprint density at radius 1 is 0.900 bits per heavy atom. The van der Waals surface area contributed by atoms with Gasteiger partial charge in [0.25, 0.3) is 0 Å². The molecule has 1 unspecified atom stereocenters. The van der Waals surface area contributed by atoms with Crippen LogP contribution in [0.2, 0.25) is 10.0 Å². The summed E-state index contributed by atoms with van der Waals surface area (Å²) in [4.78, 5) is 14.8. The summed E-state index contributed by atoms with van der Waals surface area (Å²) in [6.07, 6.45) is -0.187. The van der Waals surface area contributed by atoms with Gasteiger partial charge in [-0.3, -0.25) is 4.79 Å². The molecule has 0 aromatic heterocycles. The normalized spacial score (nSPS) is 12.4. The highest BCUT2D eigenvalue weighted by Gasteiger charge is 2.32.